The molecule has 122 valence electrons. The molecule has 0 heterocycles. The number of carbonyl (C=O) groups excluding carboxylic acids is 2. The molecule has 0 aliphatic carbocycles. The number of rotatable bonds is 7. The third-order valence-electron chi connectivity index (χ3n) is 3.81. The van der Waals surface area contributed by atoms with E-state index in [1.165, 1.54) is 5.56 Å². The molecule has 0 aliphatic heterocycles. The summed E-state index contributed by atoms with van der Waals surface area (Å²) in [6.45, 7) is 12.8. The van der Waals surface area contributed by atoms with Crippen molar-refractivity contribution in [1.82, 2.24) is 0 Å². The Balaban J connectivity index is 3.38. The van der Waals surface area contributed by atoms with Crippen molar-refractivity contribution >= 4 is 12.3 Å². The molecule has 0 N–H and O–H groups in total. The quantitative estimate of drug-likeness (QED) is 0.413. The number of esters is 1. The van der Waals surface area contributed by atoms with Gasteiger partial charge in [-0.05, 0) is 34.4 Å². The van der Waals surface area contributed by atoms with Crippen LogP contribution in [-0.4, -0.2) is 18.9 Å². The molecule has 1 rings (SSSR count). The van der Waals surface area contributed by atoms with E-state index in [9.17, 15) is 9.59 Å². The van der Waals surface area contributed by atoms with Crippen molar-refractivity contribution < 1.29 is 14.3 Å². The molecule has 0 amide bonds. The maximum atomic E-state index is 12.5. The molecule has 0 saturated carbocycles. The number of carbonyl (C=O) groups is 2. The molecule has 0 aliphatic rings. The zero-order valence-corrected chi connectivity index (χ0v) is 14.6. The maximum Gasteiger partial charge on any atom is 0.338 e. The molecule has 0 atom stereocenters. The van der Waals surface area contributed by atoms with Gasteiger partial charge in [0.2, 0.25) is 0 Å². The van der Waals surface area contributed by atoms with Crippen molar-refractivity contribution in [2.75, 3.05) is 6.61 Å². The van der Waals surface area contributed by atoms with Crippen LogP contribution in [0.25, 0.3) is 0 Å². The highest BCUT2D eigenvalue weighted by atomic mass is 16.5. The summed E-state index contributed by atoms with van der Waals surface area (Å²) in [7, 11) is 0. The summed E-state index contributed by atoms with van der Waals surface area (Å²) in [4.78, 5) is 22.9. The Hall–Kier alpha value is -1.64. The molecule has 1 aromatic rings. The summed E-state index contributed by atoms with van der Waals surface area (Å²) in [5, 5.41) is 0. The van der Waals surface area contributed by atoms with Gasteiger partial charge < -0.3 is 9.53 Å². The lowest BCUT2D eigenvalue weighted by molar-refractivity contribution is -0.108. The topological polar surface area (TPSA) is 43.4 Å². The molecule has 0 unspecified atom stereocenters. The smallest absolute Gasteiger partial charge is 0.338 e. The zero-order valence-electron chi connectivity index (χ0n) is 14.6. The van der Waals surface area contributed by atoms with Crippen molar-refractivity contribution in [3.8, 4) is 0 Å². The van der Waals surface area contributed by atoms with E-state index < -0.39 is 0 Å². The van der Waals surface area contributed by atoms with E-state index >= 15 is 0 Å². The summed E-state index contributed by atoms with van der Waals surface area (Å²) < 4.78 is 5.28. The van der Waals surface area contributed by atoms with Gasteiger partial charge in [0.05, 0.1) is 12.2 Å². The predicted octanol–water partition coefficient (Wildman–Crippen LogP) is 4.80. The molecule has 0 aromatic heterocycles. The molecule has 0 bridgehead atoms. The first-order valence-electron chi connectivity index (χ1n) is 8.08. The summed E-state index contributed by atoms with van der Waals surface area (Å²) in [6.07, 6.45) is 1.01. The molecule has 3 nitrogen and oxygen atoms in total. The van der Waals surface area contributed by atoms with Gasteiger partial charge in [0.15, 0.2) is 0 Å². The van der Waals surface area contributed by atoms with E-state index in [1.54, 1.807) is 0 Å². The monoisotopic (exact) mass is 304 g/mol. The Bertz CT molecular complexity index is 498. The van der Waals surface area contributed by atoms with Gasteiger partial charge in [-0.15, -0.1) is 0 Å². The van der Waals surface area contributed by atoms with Gasteiger partial charge in [0.1, 0.15) is 6.29 Å². The third-order valence-corrected chi connectivity index (χ3v) is 3.81. The van der Waals surface area contributed by atoms with Crippen molar-refractivity contribution in [3.05, 3.63) is 34.4 Å². The first kappa shape index (κ1) is 18.4. The Morgan fingerprint density at radius 2 is 1.50 bits per heavy atom. The minimum atomic E-state index is -0.315. The Labute approximate surface area is 134 Å². The van der Waals surface area contributed by atoms with Gasteiger partial charge in [0, 0.05) is 6.42 Å². The van der Waals surface area contributed by atoms with Crippen LogP contribution in [0.15, 0.2) is 12.1 Å². The molecule has 22 heavy (non-hydrogen) atoms. The minimum Gasteiger partial charge on any atom is -0.462 e. The SMILES string of the molecule is CC(C)c1cc(C(C)C)c(C(=O)OCCC=O)c(C(C)C)c1. The second kappa shape index (κ2) is 8.11. The number of hydrogen-bond donors (Lipinski definition) is 0. The van der Waals surface area contributed by atoms with Crippen molar-refractivity contribution in [3.63, 3.8) is 0 Å². The lowest BCUT2D eigenvalue weighted by Gasteiger charge is -2.21. The summed E-state index contributed by atoms with van der Waals surface area (Å²) in [6, 6.07) is 4.25. The van der Waals surface area contributed by atoms with E-state index in [2.05, 4.69) is 53.7 Å². The van der Waals surface area contributed by atoms with Gasteiger partial charge in [-0.3, -0.25) is 0 Å². The Kier molecular flexibility index (Phi) is 6.79. The van der Waals surface area contributed by atoms with Crippen LogP contribution in [0.2, 0.25) is 0 Å². The zero-order chi connectivity index (χ0) is 16.9. The van der Waals surface area contributed by atoms with Crippen LogP contribution < -0.4 is 0 Å². The van der Waals surface area contributed by atoms with E-state index in [-0.39, 0.29) is 30.8 Å². The van der Waals surface area contributed by atoms with Gasteiger partial charge in [-0.2, -0.15) is 0 Å². The van der Waals surface area contributed by atoms with E-state index in [4.69, 9.17) is 4.74 Å². The van der Waals surface area contributed by atoms with E-state index in [0.717, 1.165) is 17.4 Å². The standard InChI is InChI=1S/C19H28O3/c1-12(2)15-10-16(13(3)4)18(17(11-15)14(5)6)19(21)22-9-7-8-20/h8,10-14H,7,9H2,1-6H3. The molecule has 0 radical (unpaired) electrons. The number of aldehydes is 1. The third kappa shape index (κ3) is 4.43. The van der Waals surface area contributed by atoms with Crippen LogP contribution in [0.3, 0.4) is 0 Å². The van der Waals surface area contributed by atoms with Crippen LogP contribution in [0.4, 0.5) is 0 Å². The van der Waals surface area contributed by atoms with Crippen LogP contribution in [0, 0.1) is 0 Å². The maximum absolute atomic E-state index is 12.5. The lowest BCUT2D eigenvalue weighted by Crippen LogP contribution is -2.15. The molecule has 0 spiro atoms. The summed E-state index contributed by atoms with van der Waals surface area (Å²) in [5.41, 5.74) is 3.99. The van der Waals surface area contributed by atoms with Crippen molar-refractivity contribution in [2.45, 2.75) is 65.7 Å². The van der Waals surface area contributed by atoms with Crippen LogP contribution >= 0.6 is 0 Å². The van der Waals surface area contributed by atoms with Crippen molar-refractivity contribution in [2.24, 2.45) is 0 Å². The molecule has 3 heteroatoms. The molecular formula is C19H28O3. The summed E-state index contributed by atoms with van der Waals surface area (Å²) >= 11 is 0. The highest BCUT2D eigenvalue weighted by molar-refractivity contribution is 5.93. The van der Waals surface area contributed by atoms with Crippen LogP contribution in [0.5, 0.6) is 0 Å². The number of hydrogen-bond acceptors (Lipinski definition) is 3. The van der Waals surface area contributed by atoms with Crippen LogP contribution in [0.1, 0.15) is 92.8 Å². The molecule has 0 saturated heterocycles. The molecule has 1 aromatic carbocycles. The fraction of sp³-hybridized carbons (Fsp3) is 0.579. The van der Waals surface area contributed by atoms with Gasteiger partial charge >= 0.3 is 5.97 Å². The first-order chi connectivity index (χ1) is 10.3. The second-order valence-corrected chi connectivity index (χ2v) is 6.63. The average Bonchev–Trinajstić information content (AvgIpc) is 2.45. The highest BCUT2D eigenvalue weighted by Gasteiger charge is 2.23. The fourth-order valence-electron chi connectivity index (χ4n) is 2.46. The minimum absolute atomic E-state index is 0.142. The molecular weight excluding hydrogens is 276 g/mol. The van der Waals surface area contributed by atoms with Crippen LogP contribution in [-0.2, 0) is 9.53 Å². The second-order valence-electron chi connectivity index (χ2n) is 6.63. The van der Waals surface area contributed by atoms with Crippen molar-refractivity contribution in [1.29, 1.82) is 0 Å². The normalized spacial score (nSPS) is 11.3. The van der Waals surface area contributed by atoms with Gasteiger partial charge in [-0.25, -0.2) is 4.79 Å². The Morgan fingerprint density at radius 3 is 1.86 bits per heavy atom. The van der Waals surface area contributed by atoms with Gasteiger partial charge in [-0.1, -0.05) is 53.7 Å². The van der Waals surface area contributed by atoms with E-state index in [1.807, 2.05) is 0 Å². The average molecular weight is 304 g/mol. The number of benzene rings is 1. The number of ether oxygens (including phenoxy) is 1. The first-order valence-corrected chi connectivity index (χ1v) is 8.08. The fourth-order valence-corrected chi connectivity index (χ4v) is 2.46. The highest BCUT2D eigenvalue weighted by Crippen LogP contribution is 2.32. The molecule has 0 fully saturated rings. The van der Waals surface area contributed by atoms with E-state index in [0.29, 0.717) is 11.5 Å². The lowest BCUT2D eigenvalue weighted by atomic mass is 9.84. The Morgan fingerprint density at radius 1 is 1.00 bits per heavy atom. The predicted molar refractivity (Wildman–Crippen MR) is 89.7 cm³/mol. The largest absolute Gasteiger partial charge is 0.462 e. The van der Waals surface area contributed by atoms with Gasteiger partial charge in [0.25, 0.3) is 0 Å². The summed E-state index contributed by atoms with van der Waals surface area (Å²) in [5.74, 6) is 0.578.